The highest BCUT2D eigenvalue weighted by molar-refractivity contribution is 7.96. The van der Waals surface area contributed by atoms with E-state index in [-0.39, 0.29) is 0 Å². The molecule has 1 fully saturated rings. The van der Waals surface area contributed by atoms with Gasteiger partial charge in [-0.15, -0.1) is 0 Å². The molecule has 0 saturated carbocycles. The molecule has 86 valence electrons. The van der Waals surface area contributed by atoms with E-state index in [0.29, 0.717) is 6.54 Å². The molecule has 0 aromatic heterocycles. The van der Waals surface area contributed by atoms with Crippen LogP contribution in [0.3, 0.4) is 0 Å². The van der Waals surface area contributed by atoms with Crippen LogP contribution in [-0.4, -0.2) is 38.2 Å². The van der Waals surface area contributed by atoms with E-state index in [1.54, 1.807) is 13.8 Å². The Morgan fingerprint density at radius 3 is 2.33 bits per heavy atom. The number of nitrogens with zero attached hydrogens (tertiary/aromatic N) is 1. The van der Waals surface area contributed by atoms with Gasteiger partial charge in [0.1, 0.15) is 0 Å². The van der Waals surface area contributed by atoms with Crippen LogP contribution in [0.1, 0.15) is 33.1 Å². The fraction of sp³-hybridized carbons (Fsp3) is 0.818. The number of rotatable bonds is 2. The molecule has 1 heterocycles. The Kier molecular flexibility index (Phi) is 4.62. The summed E-state index contributed by atoms with van der Waals surface area (Å²) in [6, 6.07) is 0. The van der Waals surface area contributed by atoms with Crippen molar-refractivity contribution in [3.63, 3.8) is 0 Å². The summed E-state index contributed by atoms with van der Waals surface area (Å²) in [7, 11) is -3.19. The summed E-state index contributed by atoms with van der Waals surface area (Å²) in [6.07, 6.45) is 3.70. The number of hydrogen-bond acceptors (Lipinski definition) is 3. The fourth-order valence-electron chi connectivity index (χ4n) is 1.48. The van der Waals surface area contributed by atoms with E-state index in [2.05, 4.69) is 16.1 Å². The molecule has 1 rings (SSSR count). The van der Waals surface area contributed by atoms with Crippen molar-refractivity contribution in [3.8, 4) is 11.2 Å². The van der Waals surface area contributed by atoms with E-state index in [4.69, 9.17) is 0 Å². The SMILES string of the molecule is CC(C)S(=O)(=O)C#CCN1CCCCC1. The lowest BCUT2D eigenvalue weighted by Gasteiger charge is -2.23. The van der Waals surface area contributed by atoms with Gasteiger partial charge in [-0.3, -0.25) is 4.90 Å². The summed E-state index contributed by atoms with van der Waals surface area (Å²) in [5.74, 6) is 2.76. The molecule has 1 aliphatic heterocycles. The normalized spacial score (nSPS) is 18.6. The molecule has 4 heteroatoms. The lowest BCUT2D eigenvalue weighted by atomic mass is 10.1. The van der Waals surface area contributed by atoms with E-state index >= 15 is 0 Å². The Labute approximate surface area is 92.8 Å². The van der Waals surface area contributed by atoms with Crippen LogP contribution in [0.5, 0.6) is 0 Å². The lowest BCUT2D eigenvalue weighted by Crippen LogP contribution is -2.30. The van der Waals surface area contributed by atoms with Crippen LogP contribution in [0.4, 0.5) is 0 Å². The standard InChI is InChI=1S/C11H19NO2S/c1-11(2)15(13,14)10-6-9-12-7-4-3-5-8-12/h11H,3-5,7-9H2,1-2H3. The van der Waals surface area contributed by atoms with Crippen molar-refractivity contribution >= 4 is 9.84 Å². The van der Waals surface area contributed by atoms with E-state index in [1.165, 1.54) is 19.3 Å². The summed E-state index contributed by atoms with van der Waals surface area (Å²) >= 11 is 0. The first kappa shape index (κ1) is 12.5. The minimum absolute atomic E-state index is 0.397. The molecule has 0 aliphatic carbocycles. The van der Waals surface area contributed by atoms with E-state index < -0.39 is 15.1 Å². The predicted molar refractivity (Wildman–Crippen MR) is 62.1 cm³/mol. The molecule has 0 radical (unpaired) electrons. The smallest absolute Gasteiger partial charge is 0.219 e. The third kappa shape index (κ3) is 4.23. The molecule has 3 nitrogen and oxygen atoms in total. The van der Waals surface area contributed by atoms with Gasteiger partial charge in [0.15, 0.2) is 0 Å². The number of likely N-dealkylation sites (tertiary alicyclic amines) is 1. The molecular formula is C11H19NO2S. The average molecular weight is 229 g/mol. The summed E-state index contributed by atoms with van der Waals surface area (Å²) in [5, 5.41) is 1.99. The highest BCUT2D eigenvalue weighted by Gasteiger charge is 2.12. The third-order valence-electron chi connectivity index (χ3n) is 2.59. The topological polar surface area (TPSA) is 37.4 Å². The molecule has 0 bridgehead atoms. The summed E-state index contributed by atoms with van der Waals surface area (Å²) in [6.45, 7) is 6.01. The van der Waals surface area contributed by atoms with Crippen LogP contribution in [0.15, 0.2) is 0 Å². The van der Waals surface area contributed by atoms with Gasteiger partial charge in [0.05, 0.1) is 11.8 Å². The zero-order valence-electron chi connectivity index (χ0n) is 9.49. The molecule has 0 spiro atoms. The maximum Gasteiger partial charge on any atom is 0.219 e. The Hall–Kier alpha value is -0.530. The largest absolute Gasteiger partial charge is 0.292 e. The van der Waals surface area contributed by atoms with E-state index in [0.717, 1.165) is 13.1 Å². The summed E-state index contributed by atoms with van der Waals surface area (Å²) in [5.41, 5.74) is 0. The molecule has 0 aromatic rings. The molecular weight excluding hydrogens is 210 g/mol. The first-order valence-electron chi connectivity index (χ1n) is 5.48. The second kappa shape index (κ2) is 5.53. The molecule has 0 unspecified atom stereocenters. The Bertz CT molecular complexity index is 343. The van der Waals surface area contributed by atoms with Crippen molar-refractivity contribution in [2.75, 3.05) is 19.6 Å². The minimum Gasteiger partial charge on any atom is -0.292 e. The summed E-state index contributed by atoms with van der Waals surface area (Å²) in [4.78, 5) is 2.21. The van der Waals surface area contributed by atoms with Gasteiger partial charge >= 0.3 is 0 Å². The van der Waals surface area contributed by atoms with Crippen molar-refractivity contribution < 1.29 is 8.42 Å². The van der Waals surface area contributed by atoms with E-state index in [1.807, 2.05) is 0 Å². The molecule has 15 heavy (non-hydrogen) atoms. The van der Waals surface area contributed by atoms with Crippen LogP contribution in [0.2, 0.25) is 0 Å². The molecule has 0 aromatic carbocycles. The third-order valence-corrected chi connectivity index (χ3v) is 4.26. The van der Waals surface area contributed by atoms with Gasteiger partial charge in [-0.1, -0.05) is 12.3 Å². The maximum absolute atomic E-state index is 11.4. The zero-order chi connectivity index (χ0) is 11.3. The van der Waals surface area contributed by atoms with Crippen LogP contribution in [-0.2, 0) is 9.84 Å². The van der Waals surface area contributed by atoms with Gasteiger partial charge in [0, 0.05) is 5.25 Å². The van der Waals surface area contributed by atoms with Gasteiger partial charge in [-0.2, -0.15) is 0 Å². The highest BCUT2D eigenvalue weighted by Crippen LogP contribution is 2.07. The van der Waals surface area contributed by atoms with Gasteiger partial charge < -0.3 is 0 Å². The maximum atomic E-state index is 11.4. The first-order chi connectivity index (χ1) is 7.02. The van der Waals surface area contributed by atoms with Crippen molar-refractivity contribution in [1.82, 2.24) is 4.90 Å². The zero-order valence-corrected chi connectivity index (χ0v) is 10.3. The quantitative estimate of drug-likeness (QED) is 0.528. The van der Waals surface area contributed by atoms with Gasteiger partial charge in [0.2, 0.25) is 9.84 Å². The predicted octanol–water partition coefficient (Wildman–Crippen LogP) is 1.26. The van der Waals surface area contributed by atoms with Crippen LogP contribution < -0.4 is 0 Å². The van der Waals surface area contributed by atoms with Crippen molar-refractivity contribution in [2.45, 2.75) is 38.4 Å². The van der Waals surface area contributed by atoms with Gasteiger partial charge in [-0.25, -0.2) is 8.42 Å². The lowest BCUT2D eigenvalue weighted by molar-refractivity contribution is 0.255. The molecule has 0 atom stereocenters. The highest BCUT2D eigenvalue weighted by atomic mass is 32.2. The van der Waals surface area contributed by atoms with Crippen LogP contribution in [0, 0.1) is 11.2 Å². The monoisotopic (exact) mass is 229 g/mol. The second-order valence-electron chi connectivity index (χ2n) is 4.21. The number of hydrogen-bond donors (Lipinski definition) is 0. The molecule has 1 aliphatic rings. The Morgan fingerprint density at radius 1 is 1.20 bits per heavy atom. The molecule has 1 saturated heterocycles. The number of piperidine rings is 1. The van der Waals surface area contributed by atoms with Crippen molar-refractivity contribution in [2.24, 2.45) is 0 Å². The fourth-order valence-corrected chi connectivity index (χ4v) is 1.98. The molecule has 0 amide bonds. The number of sulfone groups is 1. The molecule has 0 N–H and O–H groups in total. The Balaban J connectivity index is 2.45. The second-order valence-corrected chi connectivity index (χ2v) is 6.45. The van der Waals surface area contributed by atoms with Crippen LogP contribution >= 0.6 is 0 Å². The van der Waals surface area contributed by atoms with Crippen molar-refractivity contribution in [3.05, 3.63) is 0 Å². The van der Waals surface area contributed by atoms with E-state index in [9.17, 15) is 8.42 Å². The van der Waals surface area contributed by atoms with Crippen LogP contribution in [0.25, 0.3) is 0 Å². The van der Waals surface area contributed by atoms with Crippen molar-refractivity contribution in [1.29, 1.82) is 0 Å². The van der Waals surface area contributed by atoms with Gasteiger partial charge in [0.25, 0.3) is 0 Å². The Morgan fingerprint density at radius 2 is 1.80 bits per heavy atom. The average Bonchev–Trinajstić information content (AvgIpc) is 2.19. The minimum atomic E-state index is -3.19. The first-order valence-corrected chi connectivity index (χ1v) is 7.03. The van der Waals surface area contributed by atoms with Gasteiger partial charge in [-0.05, 0) is 39.8 Å². The summed E-state index contributed by atoms with van der Waals surface area (Å²) < 4.78 is 22.8.